The lowest BCUT2D eigenvalue weighted by atomic mass is 9.98. The van der Waals surface area contributed by atoms with E-state index in [-0.39, 0.29) is 30.4 Å². The van der Waals surface area contributed by atoms with Gasteiger partial charge in [0.1, 0.15) is 12.6 Å². The van der Waals surface area contributed by atoms with Crippen LogP contribution in [0.4, 0.5) is 4.79 Å². The second kappa shape index (κ2) is 9.21. The van der Waals surface area contributed by atoms with E-state index >= 15 is 0 Å². The Hall–Kier alpha value is -3.61. The predicted octanol–water partition coefficient (Wildman–Crippen LogP) is 4.23. The maximum atomic E-state index is 12.9. The van der Waals surface area contributed by atoms with Gasteiger partial charge in [-0.1, -0.05) is 54.6 Å². The minimum atomic E-state index is -1.04. The third-order valence-electron chi connectivity index (χ3n) is 7.79. The van der Waals surface area contributed by atoms with Gasteiger partial charge in [0.25, 0.3) is 0 Å². The Kier molecular flexibility index (Phi) is 6.09. The molecule has 1 unspecified atom stereocenters. The van der Waals surface area contributed by atoms with E-state index in [1.807, 2.05) is 24.3 Å². The summed E-state index contributed by atoms with van der Waals surface area (Å²) in [5, 5.41) is 15.0. The van der Waals surface area contributed by atoms with Crippen LogP contribution < -0.4 is 10.6 Å². The molecule has 0 spiro atoms. The molecule has 2 saturated carbocycles. The fourth-order valence-electron chi connectivity index (χ4n) is 5.94. The first kappa shape index (κ1) is 23.1. The smallest absolute Gasteiger partial charge is 0.407 e. The number of rotatable bonds is 9. The number of hydrogen-bond donors (Lipinski definition) is 3. The van der Waals surface area contributed by atoms with E-state index in [0.717, 1.165) is 17.5 Å². The van der Waals surface area contributed by atoms with Gasteiger partial charge >= 0.3 is 12.1 Å². The summed E-state index contributed by atoms with van der Waals surface area (Å²) in [7, 11) is 0. The number of nitrogens with one attached hydrogen (secondary N) is 2. The van der Waals surface area contributed by atoms with E-state index < -0.39 is 23.5 Å². The largest absolute Gasteiger partial charge is 0.480 e. The topological polar surface area (TPSA) is 105 Å². The van der Waals surface area contributed by atoms with Gasteiger partial charge in [-0.3, -0.25) is 4.79 Å². The van der Waals surface area contributed by atoms with Crippen molar-refractivity contribution in [1.82, 2.24) is 10.6 Å². The number of alkyl carbamates (subject to hydrolysis) is 1. The van der Waals surface area contributed by atoms with E-state index in [1.54, 1.807) is 6.08 Å². The Morgan fingerprint density at radius 3 is 2.37 bits per heavy atom. The highest BCUT2D eigenvalue weighted by molar-refractivity contribution is 5.90. The van der Waals surface area contributed by atoms with Crippen molar-refractivity contribution in [2.75, 3.05) is 6.61 Å². The summed E-state index contributed by atoms with van der Waals surface area (Å²) in [4.78, 5) is 37.0. The second-order valence-corrected chi connectivity index (χ2v) is 9.89. The molecule has 3 aliphatic rings. The van der Waals surface area contributed by atoms with Crippen LogP contribution in [0.5, 0.6) is 0 Å². The molecule has 0 aromatic heterocycles. The number of aliphatic carboxylic acids is 1. The minimum absolute atomic E-state index is 0.00855. The average molecular weight is 475 g/mol. The van der Waals surface area contributed by atoms with E-state index in [1.165, 1.54) is 11.1 Å². The molecule has 3 N–H and O–H groups in total. The molecule has 0 aliphatic heterocycles. The van der Waals surface area contributed by atoms with Gasteiger partial charge in [-0.05, 0) is 60.3 Å². The molecular weight excluding hydrogens is 444 g/mol. The van der Waals surface area contributed by atoms with E-state index in [0.29, 0.717) is 25.7 Å². The SMILES string of the molecule is C=CCCC(NC(=O)[C@@]12C[C@@H](NC(=O)OCC3c4ccccc4-c4ccccc43)C[C@@H]1C2)C(=O)O. The molecule has 0 heterocycles. The highest BCUT2D eigenvalue weighted by atomic mass is 16.5. The molecule has 0 radical (unpaired) electrons. The number of carbonyl (C=O) groups is 3. The molecule has 2 fully saturated rings. The van der Waals surface area contributed by atoms with Crippen LogP contribution in [-0.2, 0) is 14.3 Å². The van der Waals surface area contributed by atoms with Crippen molar-refractivity contribution in [3.63, 3.8) is 0 Å². The maximum Gasteiger partial charge on any atom is 0.407 e. The number of carboxylic acids is 1. The number of fused-ring (bicyclic) bond motifs is 4. The lowest BCUT2D eigenvalue weighted by Crippen LogP contribution is -2.45. The Balaban J connectivity index is 1.16. The number of carboxylic acid groups (broad SMARTS) is 1. The summed E-state index contributed by atoms with van der Waals surface area (Å²) in [6, 6.07) is 15.3. The van der Waals surface area contributed by atoms with Crippen LogP contribution >= 0.6 is 0 Å². The van der Waals surface area contributed by atoms with Gasteiger partial charge < -0.3 is 20.5 Å². The first-order valence-electron chi connectivity index (χ1n) is 12.2. The van der Waals surface area contributed by atoms with Crippen LogP contribution in [0.15, 0.2) is 61.2 Å². The summed E-state index contributed by atoms with van der Waals surface area (Å²) in [6.07, 6.45) is 3.92. The first-order valence-corrected chi connectivity index (χ1v) is 12.2. The molecule has 2 amide bonds. The highest BCUT2D eigenvalue weighted by Gasteiger charge is 2.65. The van der Waals surface area contributed by atoms with Gasteiger partial charge in [-0.2, -0.15) is 0 Å². The van der Waals surface area contributed by atoms with Gasteiger partial charge in [-0.25, -0.2) is 9.59 Å². The summed E-state index contributed by atoms with van der Waals surface area (Å²) in [6.45, 7) is 3.85. The summed E-state index contributed by atoms with van der Waals surface area (Å²) in [5.41, 5.74) is 4.08. The maximum absolute atomic E-state index is 12.9. The number of allylic oxidation sites excluding steroid dienone is 1. The number of ether oxygens (including phenoxy) is 1. The van der Waals surface area contributed by atoms with Crippen molar-refractivity contribution in [2.24, 2.45) is 11.3 Å². The summed E-state index contributed by atoms with van der Waals surface area (Å²) >= 11 is 0. The van der Waals surface area contributed by atoms with Gasteiger partial charge in [0.2, 0.25) is 5.91 Å². The fraction of sp³-hybridized carbons (Fsp3) is 0.393. The molecule has 7 heteroatoms. The van der Waals surface area contributed by atoms with Crippen molar-refractivity contribution in [3.8, 4) is 11.1 Å². The molecule has 0 bridgehead atoms. The van der Waals surface area contributed by atoms with Gasteiger partial charge in [0.15, 0.2) is 0 Å². The van der Waals surface area contributed by atoms with Crippen molar-refractivity contribution in [3.05, 3.63) is 72.3 Å². The summed E-state index contributed by atoms with van der Waals surface area (Å²) < 4.78 is 5.65. The molecule has 2 aromatic carbocycles. The highest BCUT2D eigenvalue weighted by Crippen LogP contribution is 2.63. The van der Waals surface area contributed by atoms with Crippen molar-refractivity contribution in [1.29, 1.82) is 0 Å². The van der Waals surface area contributed by atoms with Crippen LogP contribution in [-0.4, -0.2) is 41.8 Å². The first-order chi connectivity index (χ1) is 16.9. The second-order valence-electron chi connectivity index (χ2n) is 9.89. The van der Waals surface area contributed by atoms with Gasteiger partial charge in [0, 0.05) is 12.0 Å². The van der Waals surface area contributed by atoms with Gasteiger partial charge in [0.05, 0.1) is 5.41 Å². The zero-order chi connectivity index (χ0) is 24.6. The monoisotopic (exact) mass is 474 g/mol. The molecular formula is C28H30N2O5. The Morgan fingerprint density at radius 1 is 1.09 bits per heavy atom. The van der Waals surface area contributed by atoms with Crippen molar-refractivity contribution in [2.45, 2.75) is 50.1 Å². The van der Waals surface area contributed by atoms with E-state index in [4.69, 9.17) is 4.74 Å². The third-order valence-corrected chi connectivity index (χ3v) is 7.79. The number of benzene rings is 2. The quantitative estimate of drug-likeness (QED) is 0.472. The Bertz CT molecular complexity index is 1130. The third kappa shape index (κ3) is 4.31. The standard InChI is InChI=1S/C28H30N2O5/c1-2-3-12-24(25(31)32)30-26(33)28-14-17(28)13-18(15-28)29-27(34)35-16-23-21-10-6-4-8-19(21)20-9-5-7-11-22(20)23/h2,4-11,17-18,23-24H,1,3,12-16H2,(H,29,34)(H,30,33)(H,31,32)/t17-,18+,24?,28+/m1/s1. The average Bonchev–Trinajstić information content (AvgIpc) is 3.28. The zero-order valence-corrected chi connectivity index (χ0v) is 19.5. The van der Waals surface area contributed by atoms with E-state index in [2.05, 4.69) is 41.5 Å². The van der Waals surface area contributed by atoms with Crippen molar-refractivity contribution >= 4 is 18.0 Å². The number of amides is 2. The molecule has 35 heavy (non-hydrogen) atoms. The molecule has 5 rings (SSSR count). The van der Waals surface area contributed by atoms with E-state index in [9.17, 15) is 19.5 Å². The lowest BCUT2D eigenvalue weighted by molar-refractivity contribution is -0.143. The fourth-order valence-corrected chi connectivity index (χ4v) is 5.94. The molecule has 4 atom stereocenters. The van der Waals surface area contributed by atoms with Crippen LogP contribution in [0.1, 0.15) is 49.1 Å². The van der Waals surface area contributed by atoms with Gasteiger partial charge in [-0.15, -0.1) is 6.58 Å². The number of hydrogen-bond acceptors (Lipinski definition) is 4. The molecule has 0 saturated heterocycles. The van der Waals surface area contributed by atoms with Crippen LogP contribution in [0, 0.1) is 11.3 Å². The molecule has 182 valence electrons. The Morgan fingerprint density at radius 2 is 1.74 bits per heavy atom. The summed E-state index contributed by atoms with van der Waals surface area (Å²) in [5.74, 6) is -1.11. The Labute approximate surface area is 204 Å². The predicted molar refractivity (Wildman–Crippen MR) is 131 cm³/mol. The lowest BCUT2D eigenvalue weighted by Gasteiger charge is -2.21. The van der Waals surface area contributed by atoms with Crippen molar-refractivity contribution < 1.29 is 24.2 Å². The van der Waals surface area contributed by atoms with Crippen LogP contribution in [0.25, 0.3) is 11.1 Å². The molecule has 2 aromatic rings. The van der Waals surface area contributed by atoms with Crippen LogP contribution in [0.2, 0.25) is 0 Å². The normalized spacial score (nSPS) is 24.5. The number of carbonyl (C=O) groups excluding carboxylic acids is 2. The minimum Gasteiger partial charge on any atom is -0.480 e. The molecule has 3 aliphatic carbocycles. The van der Waals surface area contributed by atoms with Crippen LogP contribution in [0.3, 0.4) is 0 Å². The zero-order valence-electron chi connectivity index (χ0n) is 19.5. The molecule has 7 nitrogen and oxygen atoms in total.